The van der Waals surface area contributed by atoms with Crippen molar-refractivity contribution in [1.82, 2.24) is 14.5 Å². The van der Waals surface area contributed by atoms with Gasteiger partial charge >= 0.3 is 0 Å². The number of rotatable bonds is 7. The Bertz CT molecular complexity index is 1510. The Hall–Kier alpha value is -4.24. The molecule has 9 heteroatoms. The van der Waals surface area contributed by atoms with Gasteiger partial charge in [-0.05, 0) is 42.5 Å². The molecule has 0 fully saturated rings. The number of benzene rings is 3. The van der Waals surface area contributed by atoms with E-state index in [2.05, 4.69) is 4.98 Å². The molecule has 0 aliphatic heterocycles. The number of nitrogens with zero attached hydrogens (tertiary/aromatic N) is 3. The number of imidazole rings is 1. The zero-order valence-corrected chi connectivity index (χ0v) is 20.6. The molecule has 2 aromatic heterocycles. The van der Waals surface area contributed by atoms with Gasteiger partial charge in [0.25, 0.3) is 0 Å². The van der Waals surface area contributed by atoms with Crippen LogP contribution in [0.25, 0.3) is 37.7 Å². The zero-order valence-electron chi connectivity index (χ0n) is 19.7. The molecule has 35 heavy (non-hydrogen) atoms. The molecule has 2 heterocycles. The maximum absolute atomic E-state index is 6.11. The maximum atomic E-state index is 6.11. The Morgan fingerprint density at radius 3 is 2.17 bits per heavy atom. The summed E-state index contributed by atoms with van der Waals surface area (Å²) < 4.78 is 24.8. The van der Waals surface area contributed by atoms with E-state index in [1.165, 1.54) is 0 Å². The lowest BCUT2D eigenvalue weighted by Gasteiger charge is -2.11. The van der Waals surface area contributed by atoms with Gasteiger partial charge in [0, 0.05) is 22.9 Å². The lowest BCUT2D eigenvalue weighted by atomic mass is 10.1. The summed E-state index contributed by atoms with van der Waals surface area (Å²) >= 11 is 1.54. The van der Waals surface area contributed by atoms with Crippen LogP contribution in [-0.2, 0) is 0 Å². The van der Waals surface area contributed by atoms with Crippen LogP contribution in [0.5, 0.6) is 23.0 Å². The first-order chi connectivity index (χ1) is 17.1. The van der Waals surface area contributed by atoms with Crippen LogP contribution in [0.4, 0.5) is 5.69 Å². The van der Waals surface area contributed by atoms with E-state index >= 15 is 0 Å². The van der Waals surface area contributed by atoms with Gasteiger partial charge in [-0.1, -0.05) is 0 Å². The van der Waals surface area contributed by atoms with Gasteiger partial charge < -0.3 is 24.7 Å². The second-order valence-electron chi connectivity index (χ2n) is 7.67. The summed E-state index contributed by atoms with van der Waals surface area (Å²) in [5.74, 6) is 2.40. The van der Waals surface area contributed by atoms with Crippen molar-refractivity contribution in [2.45, 2.75) is 0 Å². The standard InChI is InChI=1S/C26H24N4O4S/c1-31-21-10-7-16(11-18(21)27)20-13-28-14-30(20)17-8-5-15(6-9-17)26-29-19-12-22(32-2)23(33-3)24(34-4)25(19)35-26/h5-14H,27H2,1-4H3. The Balaban J connectivity index is 1.51. The molecule has 0 saturated carbocycles. The largest absolute Gasteiger partial charge is 0.495 e. The van der Waals surface area contributed by atoms with E-state index in [4.69, 9.17) is 29.7 Å². The number of hydrogen-bond acceptors (Lipinski definition) is 8. The van der Waals surface area contributed by atoms with Crippen molar-refractivity contribution in [2.24, 2.45) is 0 Å². The first-order valence-electron chi connectivity index (χ1n) is 10.7. The molecule has 2 N–H and O–H groups in total. The average molecular weight is 489 g/mol. The van der Waals surface area contributed by atoms with E-state index in [0.29, 0.717) is 28.7 Å². The number of nitrogen functional groups attached to an aromatic ring is 1. The van der Waals surface area contributed by atoms with Gasteiger partial charge in [0.15, 0.2) is 11.5 Å². The molecule has 0 bridgehead atoms. The minimum absolute atomic E-state index is 0.555. The van der Waals surface area contributed by atoms with E-state index in [1.54, 1.807) is 46.1 Å². The molecule has 178 valence electrons. The fourth-order valence-electron chi connectivity index (χ4n) is 4.02. The smallest absolute Gasteiger partial charge is 0.204 e. The van der Waals surface area contributed by atoms with Gasteiger partial charge in [0.2, 0.25) is 5.75 Å². The normalized spacial score (nSPS) is 11.0. The lowest BCUT2D eigenvalue weighted by molar-refractivity contribution is 0.327. The number of methoxy groups -OCH3 is 4. The van der Waals surface area contributed by atoms with Crippen molar-refractivity contribution in [3.8, 4) is 50.5 Å². The summed E-state index contributed by atoms with van der Waals surface area (Å²) in [4.78, 5) is 9.17. The minimum Gasteiger partial charge on any atom is -0.495 e. The van der Waals surface area contributed by atoms with Crippen molar-refractivity contribution >= 4 is 27.2 Å². The molecule has 0 atom stereocenters. The zero-order chi connectivity index (χ0) is 24.5. The molecule has 0 unspecified atom stereocenters. The summed E-state index contributed by atoms with van der Waals surface area (Å²) in [6.07, 6.45) is 3.60. The molecule has 0 aliphatic rings. The number of aromatic nitrogens is 3. The molecular weight excluding hydrogens is 464 g/mol. The SMILES string of the molecule is COc1ccc(-c2cncn2-c2ccc(-c3nc4cc(OC)c(OC)c(OC)c4s3)cc2)cc1N. The molecule has 0 amide bonds. The fraction of sp³-hybridized carbons (Fsp3) is 0.154. The molecule has 8 nitrogen and oxygen atoms in total. The van der Waals surface area contributed by atoms with Crippen LogP contribution in [0.1, 0.15) is 0 Å². The van der Waals surface area contributed by atoms with Gasteiger partial charge in [-0.2, -0.15) is 0 Å². The molecular formula is C26H24N4O4S. The summed E-state index contributed by atoms with van der Waals surface area (Å²) in [7, 11) is 6.41. The Kier molecular flexibility index (Phi) is 5.92. The third kappa shape index (κ3) is 3.89. The molecule has 3 aromatic carbocycles. The number of nitrogens with two attached hydrogens (primary N) is 1. The van der Waals surface area contributed by atoms with E-state index in [0.717, 1.165) is 37.7 Å². The molecule has 0 saturated heterocycles. The van der Waals surface area contributed by atoms with Crippen LogP contribution >= 0.6 is 11.3 Å². The quantitative estimate of drug-likeness (QED) is 0.305. The number of hydrogen-bond donors (Lipinski definition) is 1. The van der Waals surface area contributed by atoms with Crippen molar-refractivity contribution in [1.29, 1.82) is 0 Å². The Morgan fingerprint density at radius 1 is 0.800 bits per heavy atom. The number of ether oxygens (including phenoxy) is 4. The number of fused-ring (bicyclic) bond motifs is 1. The van der Waals surface area contributed by atoms with Crippen LogP contribution in [-0.4, -0.2) is 43.0 Å². The van der Waals surface area contributed by atoms with Crippen molar-refractivity contribution in [2.75, 3.05) is 34.2 Å². The highest BCUT2D eigenvalue weighted by Crippen LogP contribution is 2.46. The van der Waals surface area contributed by atoms with E-state index in [1.807, 2.05) is 59.3 Å². The highest BCUT2D eigenvalue weighted by molar-refractivity contribution is 7.22. The van der Waals surface area contributed by atoms with Crippen molar-refractivity contribution in [3.63, 3.8) is 0 Å². The molecule has 5 rings (SSSR count). The first-order valence-corrected chi connectivity index (χ1v) is 11.6. The van der Waals surface area contributed by atoms with Gasteiger partial charge in [0.05, 0.1) is 57.9 Å². The molecule has 0 spiro atoms. The fourth-order valence-corrected chi connectivity index (χ4v) is 5.09. The second kappa shape index (κ2) is 9.19. The van der Waals surface area contributed by atoms with Crippen molar-refractivity contribution < 1.29 is 18.9 Å². The summed E-state index contributed by atoms with van der Waals surface area (Å²) in [6.45, 7) is 0. The van der Waals surface area contributed by atoms with Crippen LogP contribution < -0.4 is 24.7 Å². The molecule has 0 radical (unpaired) electrons. The maximum Gasteiger partial charge on any atom is 0.204 e. The highest BCUT2D eigenvalue weighted by Gasteiger charge is 2.20. The summed E-state index contributed by atoms with van der Waals surface area (Å²) in [5.41, 5.74) is 11.3. The number of anilines is 1. The van der Waals surface area contributed by atoms with E-state index in [-0.39, 0.29) is 0 Å². The van der Waals surface area contributed by atoms with Crippen LogP contribution in [0.3, 0.4) is 0 Å². The molecule has 5 aromatic rings. The van der Waals surface area contributed by atoms with Gasteiger partial charge in [-0.3, -0.25) is 4.57 Å². The van der Waals surface area contributed by atoms with Crippen molar-refractivity contribution in [3.05, 3.63) is 61.1 Å². The van der Waals surface area contributed by atoms with Crippen LogP contribution in [0.2, 0.25) is 0 Å². The van der Waals surface area contributed by atoms with Crippen LogP contribution in [0.15, 0.2) is 61.1 Å². The third-order valence-corrected chi connectivity index (χ3v) is 6.86. The molecule has 0 aliphatic carbocycles. The van der Waals surface area contributed by atoms with Crippen LogP contribution in [0, 0.1) is 0 Å². The first kappa shape index (κ1) is 22.5. The van der Waals surface area contributed by atoms with E-state index in [9.17, 15) is 0 Å². The van der Waals surface area contributed by atoms with Gasteiger partial charge in [-0.15, -0.1) is 11.3 Å². The topological polar surface area (TPSA) is 93.7 Å². The highest BCUT2D eigenvalue weighted by atomic mass is 32.1. The minimum atomic E-state index is 0.555. The predicted octanol–water partition coefficient (Wildman–Crippen LogP) is 5.43. The van der Waals surface area contributed by atoms with Gasteiger partial charge in [-0.25, -0.2) is 9.97 Å². The number of thiazole rings is 1. The van der Waals surface area contributed by atoms with Gasteiger partial charge in [0.1, 0.15) is 15.5 Å². The third-order valence-electron chi connectivity index (χ3n) is 5.74. The monoisotopic (exact) mass is 488 g/mol. The summed E-state index contributed by atoms with van der Waals surface area (Å²) in [5, 5.41) is 0.869. The average Bonchev–Trinajstić information content (AvgIpc) is 3.55. The van der Waals surface area contributed by atoms with E-state index < -0.39 is 0 Å². The Labute approximate surface area is 206 Å². The lowest BCUT2D eigenvalue weighted by Crippen LogP contribution is -1.97. The second-order valence-corrected chi connectivity index (χ2v) is 8.66. The summed E-state index contributed by atoms with van der Waals surface area (Å²) in [6, 6.07) is 15.7. The predicted molar refractivity (Wildman–Crippen MR) is 138 cm³/mol. The Morgan fingerprint density at radius 2 is 1.51 bits per heavy atom.